The first-order valence-electron chi connectivity index (χ1n) is 10.4. The summed E-state index contributed by atoms with van der Waals surface area (Å²) in [5.41, 5.74) is 0.743. The van der Waals surface area contributed by atoms with E-state index in [4.69, 9.17) is 14.2 Å². The predicted molar refractivity (Wildman–Crippen MR) is 114 cm³/mol. The van der Waals surface area contributed by atoms with E-state index < -0.39 is 30.4 Å². The van der Waals surface area contributed by atoms with Crippen LogP contribution in [0.3, 0.4) is 0 Å². The van der Waals surface area contributed by atoms with E-state index in [1.165, 1.54) is 24.3 Å². The van der Waals surface area contributed by atoms with Crippen LogP contribution in [0.25, 0.3) is 0 Å². The summed E-state index contributed by atoms with van der Waals surface area (Å²) >= 11 is 3.55. The summed E-state index contributed by atoms with van der Waals surface area (Å²) in [4.78, 5) is 49.4. The van der Waals surface area contributed by atoms with Gasteiger partial charge < -0.3 is 14.2 Å². The average molecular weight is 499 g/mol. The maximum absolute atomic E-state index is 12.7. The molecule has 2 saturated carbocycles. The highest BCUT2D eigenvalue weighted by molar-refractivity contribution is 9.09. The summed E-state index contributed by atoms with van der Waals surface area (Å²) in [5, 5.41) is 0. The van der Waals surface area contributed by atoms with E-state index in [0.29, 0.717) is 16.9 Å². The van der Waals surface area contributed by atoms with Crippen molar-refractivity contribution in [3.05, 3.63) is 65.7 Å². The number of ketones is 1. The summed E-state index contributed by atoms with van der Waals surface area (Å²) in [7, 11) is 0. The zero-order valence-electron chi connectivity index (χ0n) is 16.8. The predicted octanol–water partition coefficient (Wildman–Crippen LogP) is 3.20. The molecule has 1 heterocycles. The molecule has 0 spiro atoms. The fraction of sp³-hybridized carbons (Fsp3) is 0.333. The molecule has 1 aliphatic heterocycles. The van der Waals surface area contributed by atoms with E-state index in [9.17, 15) is 19.2 Å². The normalized spacial score (nSPS) is 29.5. The van der Waals surface area contributed by atoms with Gasteiger partial charge in [0.25, 0.3) is 0 Å². The van der Waals surface area contributed by atoms with Crippen molar-refractivity contribution in [1.82, 2.24) is 0 Å². The molecule has 7 nitrogen and oxygen atoms in total. The van der Waals surface area contributed by atoms with Crippen molar-refractivity contribution in [3.63, 3.8) is 0 Å². The highest BCUT2D eigenvalue weighted by atomic mass is 79.9. The third-order valence-corrected chi connectivity index (χ3v) is 7.74. The zero-order chi connectivity index (χ0) is 22.4. The fourth-order valence-electron chi connectivity index (χ4n) is 5.06. The molecular weight excluding hydrogens is 480 g/mol. The van der Waals surface area contributed by atoms with E-state index in [1.54, 1.807) is 30.3 Å². The number of carbonyl (C=O) groups is 4. The molecule has 2 aliphatic carbocycles. The van der Waals surface area contributed by atoms with Gasteiger partial charge in [0.05, 0.1) is 22.2 Å². The highest BCUT2D eigenvalue weighted by Crippen LogP contribution is 2.60. The van der Waals surface area contributed by atoms with Gasteiger partial charge in [-0.2, -0.15) is 0 Å². The molecule has 3 fully saturated rings. The van der Waals surface area contributed by atoms with Gasteiger partial charge in [-0.1, -0.05) is 34.1 Å². The number of benzene rings is 2. The molecule has 2 bridgehead atoms. The number of alkyl halides is 1. The Hall–Kier alpha value is -3.00. The van der Waals surface area contributed by atoms with Gasteiger partial charge in [0.2, 0.25) is 0 Å². The Morgan fingerprint density at radius 3 is 2.41 bits per heavy atom. The molecule has 3 aliphatic rings. The number of hydrogen-bond donors (Lipinski definition) is 0. The molecule has 164 valence electrons. The van der Waals surface area contributed by atoms with Gasteiger partial charge in [-0.3, -0.25) is 14.4 Å². The van der Waals surface area contributed by atoms with Gasteiger partial charge in [0.1, 0.15) is 11.9 Å². The summed E-state index contributed by atoms with van der Waals surface area (Å²) < 4.78 is 16.0. The van der Waals surface area contributed by atoms with Crippen LogP contribution in [0.4, 0.5) is 0 Å². The Kier molecular flexibility index (Phi) is 5.33. The molecule has 0 radical (unpaired) electrons. The second kappa shape index (κ2) is 8.16. The number of carbonyl (C=O) groups excluding carboxylic acids is 4. The molecule has 5 rings (SSSR count). The van der Waals surface area contributed by atoms with E-state index in [0.717, 1.165) is 6.42 Å². The maximum Gasteiger partial charge on any atom is 0.343 e. The second-order valence-electron chi connectivity index (χ2n) is 8.27. The summed E-state index contributed by atoms with van der Waals surface area (Å²) in [5.74, 6) is -2.51. The van der Waals surface area contributed by atoms with Crippen LogP contribution >= 0.6 is 15.9 Å². The lowest BCUT2D eigenvalue weighted by molar-refractivity contribution is -0.154. The van der Waals surface area contributed by atoms with Crippen LogP contribution in [0.2, 0.25) is 0 Å². The van der Waals surface area contributed by atoms with Gasteiger partial charge in [-0.15, -0.1) is 0 Å². The molecule has 0 amide bonds. The van der Waals surface area contributed by atoms with Crippen LogP contribution in [0.15, 0.2) is 54.6 Å². The van der Waals surface area contributed by atoms with Gasteiger partial charge >= 0.3 is 17.9 Å². The SMILES string of the molecule is O=C(COC(=O)[C@@H]1[C@H]2C[C@H]3[C@H](OC(=O)[C@@H]31)[C@@H]2Br)c1ccc(OC(=O)c2ccccc2)cc1. The first-order chi connectivity index (χ1) is 15.4. The minimum atomic E-state index is -0.580. The lowest BCUT2D eigenvalue weighted by atomic mass is 9.80. The Bertz CT molecular complexity index is 1080. The first-order valence-corrected chi connectivity index (χ1v) is 11.3. The van der Waals surface area contributed by atoms with Gasteiger partial charge in [-0.25, -0.2) is 4.79 Å². The smallest absolute Gasteiger partial charge is 0.343 e. The van der Waals surface area contributed by atoms with Gasteiger partial charge in [-0.05, 0) is 48.7 Å². The largest absolute Gasteiger partial charge is 0.461 e. The highest BCUT2D eigenvalue weighted by Gasteiger charge is 2.68. The molecule has 32 heavy (non-hydrogen) atoms. The minimum absolute atomic E-state index is 0.0253. The van der Waals surface area contributed by atoms with Gasteiger partial charge in [0, 0.05) is 11.5 Å². The third-order valence-electron chi connectivity index (χ3n) is 6.54. The zero-order valence-corrected chi connectivity index (χ0v) is 18.4. The number of fused-ring (bicyclic) bond motifs is 1. The molecule has 2 aromatic rings. The Balaban J connectivity index is 1.17. The summed E-state index contributed by atoms with van der Waals surface area (Å²) in [6, 6.07) is 14.6. The average Bonchev–Trinajstić information content (AvgIpc) is 3.42. The number of esters is 3. The van der Waals surface area contributed by atoms with Crippen LogP contribution in [0.1, 0.15) is 27.1 Å². The van der Waals surface area contributed by atoms with Crippen molar-refractivity contribution in [1.29, 1.82) is 0 Å². The number of halogens is 1. The van der Waals surface area contributed by atoms with Crippen molar-refractivity contribution >= 4 is 39.6 Å². The third kappa shape index (κ3) is 3.52. The molecule has 1 saturated heterocycles. The number of Topliss-reactive ketones (excluding diaryl/α,β-unsaturated/α-hetero) is 1. The Labute approximate surface area is 192 Å². The lowest BCUT2D eigenvalue weighted by Crippen LogP contribution is -2.39. The Morgan fingerprint density at radius 1 is 0.969 bits per heavy atom. The molecule has 8 heteroatoms. The van der Waals surface area contributed by atoms with Gasteiger partial charge in [0.15, 0.2) is 12.4 Å². The molecule has 6 atom stereocenters. The number of hydrogen-bond acceptors (Lipinski definition) is 7. The van der Waals surface area contributed by atoms with Crippen LogP contribution in [0.5, 0.6) is 5.75 Å². The quantitative estimate of drug-likeness (QED) is 0.261. The second-order valence-corrected chi connectivity index (χ2v) is 9.33. The topological polar surface area (TPSA) is 96.0 Å². The lowest BCUT2D eigenvalue weighted by Gasteiger charge is -2.26. The summed E-state index contributed by atoms with van der Waals surface area (Å²) in [6.07, 6.45) is 0.575. The van der Waals surface area contributed by atoms with Crippen molar-refractivity contribution in [3.8, 4) is 5.75 Å². The van der Waals surface area contributed by atoms with Crippen molar-refractivity contribution in [2.24, 2.45) is 23.7 Å². The van der Waals surface area contributed by atoms with Crippen LogP contribution in [0, 0.1) is 23.7 Å². The fourth-order valence-corrected chi connectivity index (χ4v) is 6.10. The van der Waals surface area contributed by atoms with Crippen LogP contribution < -0.4 is 4.74 Å². The molecule has 2 aromatic carbocycles. The van der Waals surface area contributed by atoms with Crippen LogP contribution in [-0.2, 0) is 19.1 Å². The molecular formula is C24H19BrO7. The molecule has 0 unspecified atom stereocenters. The number of ether oxygens (including phenoxy) is 3. The summed E-state index contributed by atoms with van der Waals surface area (Å²) in [6.45, 7) is -0.423. The standard InChI is InChI=1S/C24H19BrO7/c25-20-15-10-16-19(24(29)32-21(16)20)18(15)23(28)30-11-17(26)12-6-8-14(9-7-12)31-22(27)13-4-2-1-3-5-13/h1-9,15-16,18-21H,10-11H2/t15-,16-,18-,19+,20-,21+/m1/s1. The van der Waals surface area contributed by atoms with E-state index in [-0.39, 0.29) is 34.5 Å². The van der Waals surface area contributed by atoms with Crippen molar-refractivity contribution in [2.45, 2.75) is 17.4 Å². The number of rotatable bonds is 6. The molecule has 0 N–H and O–H groups in total. The van der Waals surface area contributed by atoms with E-state index in [2.05, 4.69) is 15.9 Å². The van der Waals surface area contributed by atoms with Crippen LogP contribution in [-0.4, -0.2) is 41.2 Å². The van der Waals surface area contributed by atoms with Crippen molar-refractivity contribution < 1.29 is 33.4 Å². The van der Waals surface area contributed by atoms with E-state index >= 15 is 0 Å². The molecule has 0 aromatic heterocycles. The Morgan fingerprint density at radius 2 is 1.69 bits per heavy atom. The monoisotopic (exact) mass is 498 g/mol. The van der Waals surface area contributed by atoms with E-state index in [1.807, 2.05) is 0 Å². The van der Waals surface area contributed by atoms with Crippen molar-refractivity contribution in [2.75, 3.05) is 6.61 Å². The first kappa shape index (κ1) is 20.9. The minimum Gasteiger partial charge on any atom is -0.461 e. The maximum atomic E-state index is 12.7.